The van der Waals surface area contributed by atoms with Crippen molar-refractivity contribution >= 4 is 28.8 Å². The van der Waals surface area contributed by atoms with Gasteiger partial charge in [0.25, 0.3) is 5.22 Å². The Bertz CT molecular complexity index is 1180. The minimum absolute atomic E-state index is 0.133. The Morgan fingerprint density at radius 3 is 3.03 bits per heavy atom. The number of nitrogens with one attached hydrogen (secondary N) is 1. The van der Waals surface area contributed by atoms with Gasteiger partial charge in [-0.2, -0.15) is 0 Å². The van der Waals surface area contributed by atoms with Crippen molar-refractivity contribution in [1.82, 2.24) is 15.5 Å². The summed E-state index contributed by atoms with van der Waals surface area (Å²) in [5, 5.41) is 7.37. The summed E-state index contributed by atoms with van der Waals surface area (Å²) in [7, 11) is 0. The van der Waals surface area contributed by atoms with Gasteiger partial charge < -0.3 is 19.0 Å². The first-order valence-electron chi connectivity index (χ1n) is 9.65. The highest BCUT2D eigenvalue weighted by atomic mass is 32.2. The van der Waals surface area contributed by atoms with E-state index in [-0.39, 0.29) is 24.3 Å². The summed E-state index contributed by atoms with van der Waals surface area (Å²) in [5.41, 5.74) is 4.25. The molecule has 1 N–H and O–H groups in total. The number of thioether (sulfide) groups is 1. The van der Waals surface area contributed by atoms with Gasteiger partial charge in [-0.3, -0.25) is 4.79 Å². The van der Waals surface area contributed by atoms with E-state index in [9.17, 15) is 4.79 Å². The Kier molecular flexibility index (Phi) is 4.92. The Morgan fingerprint density at radius 1 is 1.23 bits per heavy atom. The highest BCUT2D eigenvalue weighted by Crippen LogP contribution is 2.33. The van der Waals surface area contributed by atoms with Crippen molar-refractivity contribution in [1.29, 1.82) is 0 Å². The number of hydrogen-bond donors (Lipinski definition) is 1. The van der Waals surface area contributed by atoms with Gasteiger partial charge in [0.1, 0.15) is 23.1 Å². The van der Waals surface area contributed by atoms with Crippen molar-refractivity contribution in [3.05, 3.63) is 59.8 Å². The number of hydrogen-bond acceptors (Lipinski definition) is 7. The lowest BCUT2D eigenvalue weighted by molar-refractivity contribution is -0.118. The van der Waals surface area contributed by atoms with E-state index in [2.05, 4.69) is 28.4 Å². The lowest BCUT2D eigenvalue weighted by Crippen LogP contribution is -2.24. The molecule has 0 fully saturated rings. The zero-order valence-corrected chi connectivity index (χ0v) is 17.1. The van der Waals surface area contributed by atoms with Gasteiger partial charge in [-0.15, -0.1) is 0 Å². The Labute approximate surface area is 176 Å². The quantitative estimate of drug-likeness (QED) is 0.466. The number of ether oxygens (including phenoxy) is 1. The molecule has 0 bridgehead atoms. The van der Waals surface area contributed by atoms with Crippen molar-refractivity contribution in [2.75, 3.05) is 5.75 Å². The first-order valence-corrected chi connectivity index (χ1v) is 10.6. The second kappa shape index (κ2) is 7.87. The summed E-state index contributed by atoms with van der Waals surface area (Å²) in [6, 6.07) is 15.4. The molecule has 1 amide bonds. The summed E-state index contributed by atoms with van der Waals surface area (Å²) in [6.07, 6.45) is 1.12. The topological polar surface area (TPSA) is 90.4 Å². The molecule has 0 aliphatic carbocycles. The molecule has 152 valence electrons. The molecule has 1 aliphatic rings. The average molecular weight is 421 g/mol. The van der Waals surface area contributed by atoms with Crippen LogP contribution in [0.3, 0.4) is 0 Å². The molecule has 8 heteroatoms. The fourth-order valence-corrected chi connectivity index (χ4v) is 4.03. The average Bonchev–Trinajstić information content (AvgIpc) is 3.46. The zero-order valence-electron chi connectivity index (χ0n) is 16.3. The summed E-state index contributed by atoms with van der Waals surface area (Å²) in [5.74, 6) is 1.61. The highest BCUT2D eigenvalue weighted by Gasteiger charge is 2.20. The molecule has 0 saturated carbocycles. The molecule has 0 spiro atoms. The Morgan fingerprint density at radius 2 is 2.13 bits per heavy atom. The predicted molar refractivity (Wildman–Crippen MR) is 112 cm³/mol. The minimum atomic E-state index is -0.133. The van der Waals surface area contributed by atoms with E-state index in [1.54, 1.807) is 0 Å². The number of benzene rings is 2. The largest absolute Gasteiger partial charge is 0.490 e. The van der Waals surface area contributed by atoms with Crippen LogP contribution in [0.4, 0.5) is 0 Å². The molecule has 0 saturated heterocycles. The van der Waals surface area contributed by atoms with Crippen LogP contribution >= 0.6 is 11.8 Å². The lowest BCUT2D eigenvalue weighted by atomic mass is 10.1. The van der Waals surface area contributed by atoms with Gasteiger partial charge in [-0.05, 0) is 30.7 Å². The van der Waals surface area contributed by atoms with Crippen molar-refractivity contribution < 1.29 is 18.5 Å². The number of oxazole rings is 1. The van der Waals surface area contributed by atoms with E-state index in [1.165, 1.54) is 17.3 Å². The first kappa shape index (κ1) is 18.7. The van der Waals surface area contributed by atoms with Crippen LogP contribution in [-0.4, -0.2) is 27.9 Å². The SMILES string of the molecule is CC1Cc2ccc(-c3cc(CNC(=O)CSc4nc5ccccc5o4)no3)cc2O1. The molecule has 5 rings (SSSR count). The first-order chi connectivity index (χ1) is 14.6. The van der Waals surface area contributed by atoms with Gasteiger partial charge >= 0.3 is 0 Å². The van der Waals surface area contributed by atoms with Crippen molar-refractivity contribution in [3.63, 3.8) is 0 Å². The van der Waals surface area contributed by atoms with Gasteiger partial charge in [-0.1, -0.05) is 41.2 Å². The molecule has 0 radical (unpaired) electrons. The fraction of sp³-hybridized carbons (Fsp3) is 0.227. The summed E-state index contributed by atoms with van der Waals surface area (Å²) < 4.78 is 16.9. The van der Waals surface area contributed by atoms with Gasteiger partial charge in [-0.25, -0.2) is 4.98 Å². The Hall–Kier alpha value is -3.26. The maximum Gasteiger partial charge on any atom is 0.257 e. The summed E-state index contributed by atoms with van der Waals surface area (Å²) >= 11 is 1.26. The van der Waals surface area contributed by atoms with Crippen LogP contribution < -0.4 is 10.1 Å². The summed E-state index contributed by atoms with van der Waals surface area (Å²) in [4.78, 5) is 16.5. The van der Waals surface area contributed by atoms with Crippen LogP contribution in [0.25, 0.3) is 22.4 Å². The normalized spacial score (nSPS) is 15.2. The smallest absolute Gasteiger partial charge is 0.257 e. The standard InChI is InChI=1S/C22H19N3O4S/c1-13-8-14-6-7-15(9-19(14)27-13)20-10-16(25-29-20)11-23-21(26)12-30-22-24-17-4-2-3-5-18(17)28-22/h2-7,9-10,13H,8,11-12H2,1H3,(H,23,26). The molecular weight excluding hydrogens is 402 g/mol. The van der Waals surface area contributed by atoms with Crippen LogP contribution in [-0.2, 0) is 17.8 Å². The third-order valence-corrected chi connectivity index (χ3v) is 5.64. The van der Waals surface area contributed by atoms with Crippen molar-refractivity contribution in [2.24, 2.45) is 0 Å². The highest BCUT2D eigenvalue weighted by molar-refractivity contribution is 7.99. The van der Waals surface area contributed by atoms with E-state index in [1.807, 2.05) is 42.5 Å². The number of carbonyl (C=O) groups excluding carboxylic acids is 1. The molecule has 4 aromatic rings. The van der Waals surface area contributed by atoms with E-state index in [0.717, 1.165) is 23.3 Å². The van der Waals surface area contributed by atoms with Crippen LogP contribution in [0.1, 0.15) is 18.2 Å². The van der Waals surface area contributed by atoms with Gasteiger partial charge in [0.05, 0.1) is 12.3 Å². The van der Waals surface area contributed by atoms with Gasteiger partial charge in [0.15, 0.2) is 11.3 Å². The number of nitrogens with zero attached hydrogens (tertiary/aromatic N) is 2. The van der Waals surface area contributed by atoms with Crippen LogP contribution in [0.5, 0.6) is 5.75 Å². The third-order valence-electron chi connectivity index (χ3n) is 4.81. The maximum atomic E-state index is 12.2. The number of fused-ring (bicyclic) bond motifs is 2. The monoisotopic (exact) mass is 421 g/mol. The summed E-state index contributed by atoms with van der Waals surface area (Å²) in [6.45, 7) is 2.34. The molecule has 7 nitrogen and oxygen atoms in total. The van der Waals surface area contributed by atoms with E-state index in [4.69, 9.17) is 13.7 Å². The van der Waals surface area contributed by atoms with E-state index in [0.29, 0.717) is 22.3 Å². The van der Waals surface area contributed by atoms with Gasteiger partial charge in [0, 0.05) is 18.1 Å². The number of aromatic nitrogens is 2. The molecule has 1 atom stereocenters. The zero-order chi connectivity index (χ0) is 20.5. The molecule has 1 unspecified atom stereocenters. The number of para-hydroxylation sites is 2. The Balaban J connectivity index is 1.16. The van der Waals surface area contributed by atoms with Crippen LogP contribution in [0.2, 0.25) is 0 Å². The van der Waals surface area contributed by atoms with E-state index >= 15 is 0 Å². The predicted octanol–water partition coefficient (Wildman–Crippen LogP) is 4.21. The van der Waals surface area contributed by atoms with Crippen LogP contribution in [0.15, 0.2) is 62.7 Å². The molecular formula is C22H19N3O4S. The second-order valence-electron chi connectivity index (χ2n) is 7.15. The fourth-order valence-electron chi connectivity index (χ4n) is 3.37. The number of rotatable bonds is 6. The minimum Gasteiger partial charge on any atom is -0.490 e. The molecule has 2 aromatic carbocycles. The van der Waals surface area contributed by atoms with Crippen molar-refractivity contribution in [2.45, 2.75) is 31.2 Å². The number of carbonyl (C=O) groups is 1. The van der Waals surface area contributed by atoms with E-state index < -0.39 is 0 Å². The molecule has 3 heterocycles. The lowest BCUT2D eigenvalue weighted by Gasteiger charge is -2.03. The molecule has 2 aromatic heterocycles. The van der Waals surface area contributed by atoms with Gasteiger partial charge in [0.2, 0.25) is 5.91 Å². The third kappa shape index (κ3) is 3.91. The second-order valence-corrected chi connectivity index (χ2v) is 8.08. The maximum absolute atomic E-state index is 12.2. The molecule has 1 aliphatic heterocycles. The molecule has 30 heavy (non-hydrogen) atoms. The number of amides is 1. The van der Waals surface area contributed by atoms with Crippen molar-refractivity contribution in [3.8, 4) is 17.1 Å². The van der Waals surface area contributed by atoms with Crippen LogP contribution in [0, 0.1) is 0 Å².